The fourth-order valence-electron chi connectivity index (χ4n) is 9.39. The molecule has 1 N–H and O–H groups in total. The normalized spacial score (nSPS) is 13.7. The third kappa shape index (κ3) is 4.96. The highest BCUT2D eigenvalue weighted by Crippen LogP contribution is 2.61. The third-order valence-electron chi connectivity index (χ3n) is 11.8. The van der Waals surface area contributed by atoms with Crippen molar-refractivity contribution in [3.05, 3.63) is 206 Å². The van der Waals surface area contributed by atoms with Crippen molar-refractivity contribution >= 4 is 22.1 Å². The summed E-state index contributed by atoms with van der Waals surface area (Å²) in [4.78, 5) is 2.34. The van der Waals surface area contributed by atoms with Gasteiger partial charge in [0.05, 0.1) is 11.4 Å². The molecule has 2 heteroatoms. The quantitative estimate of drug-likeness (QED) is 0.184. The van der Waals surface area contributed by atoms with E-state index in [0.29, 0.717) is 0 Å². The first-order valence-electron chi connectivity index (χ1n) is 19.5. The molecule has 0 radical (unpaired) electrons. The highest BCUT2D eigenvalue weighted by atomic mass is 15.3. The molecule has 0 bridgehead atoms. The van der Waals surface area contributed by atoms with E-state index in [1.165, 1.54) is 99.9 Å². The Morgan fingerprint density at radius 3 is 1.34 bits per heavy atom. The smallest absolute Gasteiger partial charge is 0.125 e. The molecule has 1 heterocycles. The van der Waals surface area contributed by atoms with E-state index in [1.807, 2.05) is 0 Å². The van der Waals surface area contributed by atoms with Crippen LogP contribution in [0.5, 0.6) is 0 Å². The molecule has 0 aromatic heterocycles. The minimum atomic E-state index is 0.0918. The van der Waals surface area contributed by atoms with E-state index in [9.17, 15) is 0 Å². The molecule has 56 heavy (non-hydrogen) atoms. The molecule has 0 saturated carbocycles. The number of hydrogen-bond donors (Lipinski definition) is 1. The molecular weight excluding hydrogens is 677 g/mol. The zero-order chi connectivity index (χ0) is 37.2. The number of nitrogens with one attached hydrogen (secondary N) is 1. The van der Waals surface area contributed by atoms with Gasteiger partial charge in [-0.3, -0.25) is 0 Å². The topological polar surface area (TPSA) is 15.3 Å². The van der Waals surface area contributed by atoms with Gasteiger partial charge >= 0.3 is 0 Å². The van der Waals surface area contributed by atoms with Gasteiger partial charge in [-0.15, -0.1) is 0 Å². The van der Waals surface area contributed by atoms with Crippen LogP contribution >= 0.6 is 0 Å². The molecule has 0 spiro atoms. The zero-order valence-electron chi connectivity index (χ0n) is 31.1. The molecule has 9 aromatic rings. The Kier molecular flexibility index (Phi) is 7.50. The molecule has 11 rings (SSSR count). The summed E-state index contributed by atoms with van der Waals surface area (Å²) in [7, 11) is 2.18. The molecule has 1 aliphatic carbocycles. The number of hydrogen-bond acceptors (Lipinski definition) is 2. The van der Waals surface area contributed by atoms with Crippen molar-refractivity contribution in [2.75, 3.05) is 17.3 Å². The summed E-state index contributed by atoms with van der Waals surface area (Å²) in [6, 6.07) is 73.4. The van der Waals surface area contributed by atoms with Crippen LogP contribution in [-0.4, -0.2) is 7.05 Å². The van der Waals surface area contributed by atoms with E-state index < -0.39 is 0 Å². The highest BCUT2D eigenvalue weighted by molar-refractivity contribution is 6.27. The van der Waals surface area contributed by atoms with Gasteiger partial charge in [-0.2, -0.15) is 0 Å². The molecule has 0 saturated heterocycles. The lowest BCUT2D eigenvalue weighted by molar-refractivity contribution is 0.792. The molecule has 9 aromatic carbocycles. The lowest BCUT2D eigenvalue weighted by Gasteiger charge is -2.26. The van der Waals surface area contributed by atoms with Gasteiger partial charge in [0, 0.05) is 7.05 Å². The summed E-state index contributed by atoms with van der Waals surface area (Å²) in [6.07, 6.45) is 0.0918. The van der Waals surface area contributed by atoms with E-state index in [-0.39, 0.29) is 6.17 Å². The zero-order valence-corrected chi connectivity index (χ0v) is 31.1. The van der Waals surface area contributed by atoms with Crippen LogP contribution in [0.15, 0.2) is 200 Å². The Labute approximate surface area is 328 Å². The second-order valence-corrected chi connectivity index (χ2v) is 14.9. The number of anilines is 2. The average Bonchev–Trinajstić information content (AvgIpc) is 3.79. The van der Waals surface area contributed by atoms with E-state index in [0.717, 1.165) is 5.69 Å². The van der Waals surface area contributed by atoms with Gasteiger partial charge in [-0.05, 0) is 106 Å². The Balaban J connectivity index is 1.22. The van der Waals surface area contributed by atoms with Crippen LogP contribution in [0.1, 0.15) is 11.7 Å². The summed E-state index contributed by atoms with van der Waals surface area (Å²) in [5.74, 6) is 0. The Bertz CT molecular complexity index is 2800. The maximum Gasteiger partial charge on any atom is 0.125 e. The van der Waals surface area contributed by atoms with Gasteiger partial charge in [-0.1, -0.05) is 188 Å². The van der Waals surface area contributed by atoms with Crippen LogP contribution in [0.2, 0.25) is 0 Å². The minimum absolute atomic E-state index is 0.0918. The molecule has 0 amide bonds. The number of nitrogens with zero attached hydrogens (tertiary/aromatic N) is 1. The summed E-state index contributed by atoms with van der Waals surface area (Å²) in [6.45, 7) is 0. The van der Waals surface area contributed by atoms with Crippen molar-refractivity contribution in [1.29, 1.82) is 0 Å². The molecular formula is C54H38N2. The first-order chi connectivity index (χ1) is 27.7. The first kappa shape index (κ1) is 32.3. The van der Waals surface area contributed by atoms with Gasteiger partial charge in [0.25, 0.3) is 0 Å². The Hall–Kier alpha value is -7.16. The van der Waals surface area contributed by atoms with E-state index in [1.54, 1.807) is 0 Å². The van der Waals surface area contributed by atoms with Gasteiger partial charge < -0.3 is 10.2 Å². The number of benzene rings is 9. The van der Waals surface area contributed by atoms with Crippen LogP contribution in [0.3, 0.4) is 0 Å². The Morgan fingerprint density at radius 2 is 0.821 bits per heavy atom. The predicted molar refractivity (Wildman–Crippen MR) is 237 cm³/mol. The second-order valence-electron chi connectivity index (χ2n) is 14.9. The lowest BCUT2D eigenvalue weighted by Crippen LogP contribution is -2.23. The standard InChI is InChI=1S/C54H38N2/c1-56-46-33-30-40(34-45(46)55-54(56)39-26-15-6-16-27-39)41-31-32-44-51-42(41)28-17-29-43(51)52-49(37-22-11-4-12-23-37)47(35-18-7-2-8-19-35)48(36-20-9-3-10-21-36)50(53(44)52)38-24-13-5-14-25-38/h2-34,54-55H,1H3. The summed E-state index contributed by atoms with van der Waals surface area (Å²) in [5.41, 5.74) is 21.1. The van der Waals surface area contributed by atoms with E-state index in [2.05, 4.69) is 217 Å². The third-order valence-corrected chi connectivity index (χ3v) is 11.8. The summed E-state index contributed by atoms with van der Waals surface area (Å²) < 4.78 is 0. The van der Waals surface area contributed by atoms with Gasteiger partial charge in [0.15, 0.2) is 0 Å². The van der Waals surface area contributed by atoms with Gasteiger partial charge in [0.1, 0.15) is 6.17 Å². The molecule has 0 fully saturated rings. The van der Waals surface area contributed by atoms with Crippen molar-refractivity contribution in [2.24, 2.45) is 0 Å². The van der Waals surface area contributed by atoms with Crippen LogP contribution < -0.4 is 10.2 Å². The van der Waals surface area contributed by atoms with Crippen molar-refractivity contribution in [1.82, 2.24) is 0 Å². The van der Waals surface area contributed by atoms with Gasteiger partial charge in [-0.25, -0.2) is 0 Å². The highest BCUT2D eigenvalue weighted by Gasteiger charge is 2.34. The SMILES string of the molecule is CN1c2ccc(-c3ccc4c5c(cccc35)-c3c(-c5ccccc5)c(-c5ccccc5)c(-c5ccccc5)c(-c5ccccc5)c3-4)cc2NC1c1ccccc1. The van der Waals surface area contributed by atoms with Crippen LogP contribution in [0.4, 0.5) is 11.4 Å². The number of rotatable bonds is 6. The fourth-order valence-corrected chi connectivity index (χ4v) is 9.39. The minimum Gasteiger partial charge on any atom is -0.360 e. The maximum atomic E-state index is 3.83. The second kappa shape index (κ2) is 13.0. The first-order valence-corrected chi connectivity index (χ1v) is 19.5. The van der Waals surface area contributed by atoms with Crippen molar-refractivity contribution in [3.63, 3.8) is 0 Å². The molecule has 2 nitrogen and oxygen atoms in total. The number of fused-ring (bicyclic) bond motifs is 4. The molecule has 1 atom stereocenters. The van der Waals surface area contributed by atoms with E-state index in [4.69, 9.17) is 0 Å². The molecule has 1 unspecified atom stereocenters. The van der Waals surface area contributed by atoms with Crippen LogP contribution in [0, 0.1) is 0 Å². The van der Waals surface area contributed by atoms with Crippen LogP contribution in [0.25, 0.3) is 88.7 Å². The maximum absolute atomic E-state index is 3.83. The fraction of sp³-hybridized carbons (Fsp3) is 0.0370. The monoisotopic (exact) mass is 714 g/mol. The van der Waals surface area contributed by atoms with Crippen molar-refractivity contribution in [3.8, 4) is 77.9 Å². The largest absolute Gasteiger partial charge is 0.360 e. The average molecular weight is 715 g/mol. The summed E-state index contributed by atoms with van der Waals surface area (Å²) in [5, 5.41) is 6.41. The molecule has 2 aliphatic rings. The predicted octanol–water partition coefficient (Wildman–Crippen LogP) is 14.4. The summed E-state index contributed by atoms with van der Waals surface area (Å²) >= 11 is 0. The van der Waals surface area contributed by atoms with Gasteiger partial charge in [0.2, 0.25) is 0 Å². The Morgan fingerprint density at radius 1 is 0.375 bits per heavy atom. The van der Waals surface area contributed by atoms with Crippen LogP contribution in [-0.2, 0) is 0 Å². The molecule has 264 valence electrons. The van der Waals surface area contributed by atoms with Crippen molar-refractivity contribution in [2.45, 2.75) is 6.17 Å². The lowest BCUT2D eigenvalue weighted by atomic mass is 9.76. The van der Waals surface area contributed by atoms with Crippen molar-refractivity contribution < 1.29 is 0 Å². The van der Waals surface area contributed by atoms with E-state index >= 15 is 0 Å². The molecule has 1 aliphatic heterocycles.